The summed E-state index contributed by atoms with van der Waals surface area (Å²) >= 11 is 0. The highest BCUT2D eigenvalue weighted by Crippen LogP contribution is 2.36. The maximum atomic E-state index is 12.5. The van der Waals surface area contributed by atoms with E-state index in [1.807, 2.05) is 35.2 Å². The van der Waals surface area contributed by atoms with Crippen LogP contribution in [0.3, 0.4) is 0 Å². The molecule has 26 heavy (non-hydrogen) atoms. The Morgan fingerprint density at radius 1 is 1.12 bits per heavy atom. The van der Waals surface area contributed by atoms with Gasteiger partial charge in [0.2, 0.25) is 5.91 Å². The summed E-state index contributed by atoms with van der Waals surface area (Å²) in [5.41, 5.74) is 0.999. The van der Waals surface area contributed by atoms with E-state index in [2.05, 4.69) is 5.32 Å². The molecule has 1 saturated carbocycles. The Morgan fingerprint density at radius 2 is 1.88 bits per heavy atom. The molecule has 1 amide bonds. The molecule has 1 aromatic rings. The topological polar surface area (TPSA) is 50.8 Å². The van der Waals surface area contributed by atoms with E-state index in [1.54, 1.807) is 0 Å². The number of amides is 1. The molecule has 2 atom stereocenters. The molecule has 1 aliphatic carbocycles. The van der Waals surface area contributed by atoms with Crippen molar-refractivity contribution in [3.63, 3.8) is 0 Å². The number of nitrogens with zero attached hydrogens (tertiary/aromatic N) is 1. The fourth-order valence-electron chi connectivity index (χ4n) is 4.43. The van der Waals surface area contributed by atoms with Gasteiger partial charge in [0.25, 0.3) is 0 Å². The number of ether oxygens (including phenoxy) is 2. The lowest BCUT2D eigenvalue weighted by atomic mass is 10.0. The van der Waals surface area contributed by atoms with E-state index in [1.165, 1.54) is 25.7 Å². The molecule has 0 bridgehead atoms. The number of hydrogen-bond acceptors (Lipinski definition) is 4. The summed E-state index contributed by atoms with van der Waals surface area (Å²) in [6, 6.07) is 10.2. The van der Waals surface area contributed by atoms with Crippen molar-refractivity contribution >= 4 is 11.6 Å². The van der Waals surface area contributed by atoms with Crippen LogP contribution in [0.25, 0.3) is 0 Å². The van der Waals surface area contributed by atoms with Crippen molar-refractivity contribution < 1.29 is 14.3 Å². The van der Waals surface area contributed by atoms with Crippen LogP contribution < -0.4 is 10.2 Å². The zero-order valence-corrected chi connectivity index (χ0v) is 15.5. The van der Waals surface area contributed by atoms with E-state index in [0.29, 0.717) is 13.0 Å². The third-order valence-corrected chi connectivity index (χ3v) is 5.90. The highest BCUT2D eigenvalue weighted by molar-refractivity contribution is 5.94. The van der Waals surface area contributed by atoms with Crippen LogP contribution in [0.4, 0.5) is 5.69 Å². The van der Waals surface area contributed by atoms with Gasteiger partial charge in [-0.1, -0.05) is 31.0 Å². The second kappa shape index (κ2) is 8.07. The largest absolute Gasteiger partial charge is 0.347 e. The molecule has 142 valence electrons. The first kappa shape index (κ1) is 18.0. The normalized spacial score (nSPS) is 29.1. The molecule has 2 aliphatic heterocycles. The van der Waals surface area contributed by atoms with Crippen molar-refractivity contribution in [2.45, 2.75) is 69.3 Å². The number of benzene rings is 1. The summed E-state index contributed by atoms with van der Waals surface area (Å²) in [4.78, 5) is 14.4. The Bertz CT molecular complexity index is 599. The first-order valence-electron chi connectivity index (χ1n) is 10.1. The van der Waals surface area contributed by atoms with Crippen molar-refractivity contribution in [3.8, 4) is 0 Å². The van der Waals surface area contributed by atoms with Gasteiger partial charge in [0.1, 0.15) is 0 Å². The number of hydrogen-bond donors (Lipinski definition) is 1. The monoisotopic (exact) mass is 358 g/mol. The van der Waals surface area contributed by atoms with Crippen molar-refractivity contribution in [3.05, 3.63) is 30.3 Å². The molecule has 2 heterocycles. The number of nitrogens with one attached hydrogen (secondary N) is 1. The van der Waals surface area contributed by atoms with Gasteiger partial charge in [-0.2, -0.15) is 0 Å². The van der Waals surface area contributed by atoms with Crippen molar-refractivity contribution in [2.75, 3.05) is 24.6 Å². The molecule has 3 aliphatic rings. The van der Waals surface area contributed by atoms with Crippen LogP contribution in [0, 0.1) is 0 Å². The minimum atomic E-state index is -0.324. The predicted octanol–water partition coefficient (Wildman–Crippen LogP) is 3.24. The smallest absolute Gasteiger partial charge is 0.228 e. The molecule has 1 aromatic carbocycles. The van der Waals surface area contributed by atoms with Gasteiger partial charge in [-0.15, -0.1) is 0 Å². The zero-order chi connectivity index (χ0) is 17.8. The Kier molecular flexibility index (Phi) is 5.57. The SMILES string of the molecule is O=C1C[C@H](NC[C@@H]2COC3(CCCCCC3)O2)CCN1c1ccccc1. The van der Waals surface area contributed by atoms with Gasteiger partial charge < -0.3 is 19.7 Å². The Hall–Kier alpha value is -1.43. The van der Waals surface area contributed by atoms with Gasteiger partial charge in [0.15, 0.2) is 5.79 Å². The molecule has 1 N–H and O–H groups in total. The average molecular weight is 358 g/mol. The van der Waals surface area contributed by atoms with Crippen LogP contribution in [0.2, 0.25) is 0 Å². The number of rotatable bonds is 4. The average Bonchev–Trinajstić information content (AvgIpc) is 2.92. The van der Waals surface area contributed by atoms with Crippen LogP contribution in [0.5, 0.6) is 0 Å². The summed E-state index contributed by atoms with van der Waals surface area (Å²) < 4.78 is 12.4. The molecule has 1 spiro atoms. The standard InChI is InChI=1S/C21H30N2O3/c24-20-14-17(10-13-23(20)18-8-4-3-5-9-18)22-15-19-16-25-21(26-19)11-6-1-2-7-12-21/h3-5,8-9,17,19,22H,1-2,6-7,10-16H2/t17-,19-/m1/s1. The molecule has 0 unspecified atom stereocenters. The molecule has 4 rings (SSSR count). The fraction of sp³-hybridized carbons (Fsp3) is 0.667. The Labute approximate surface area is 156 Å². The van der Waals surface area contributed by atoms with Gasteiger partial charge >= 0.3 is 0 Å². The highest BCUT2D eigenvalue weighted by Gasteiger charge is 2.41. The summed E-state index contributed by atoms with van der Waals surface area (Å²) in [7, 11) is 0. The third kappa shape index (κ3) is 4.11. The first-order valence-corrected chi connectivity index (χ1v) is 10.1. The van der Waals surface area contributed by atoms with Gasteiger partial charge in [-0.05, 0) is 31.4 Å². The van der Waals surface area contributed by atoms with Crippen LogP contribution in [0.15, 0.2) is 30.3 Å². The lowest BCUT2D eigenvalue weighted by molar-refractivity contribution is -0.175. The van der Waals surface area contributed by atoms with Gasteiger partial charge in [0.05, 0.1) is 12.7 Å². The zero-order valence-electron chi connectivity index (χ0n) is 15.5. The molecule has 5 heteroatoms. The van der Waals surface area contributed by atoms with E-state index >= 15 is 0 Å². The summed E-state index contributed by atoms with van der Waals surface area (Å²) in [5.74, 6) is -0.126. The molecule has 5 nitrogen and oxygen atoms in total. The maximum Gasteiger partial charge on any atom is 0.228 e. The Morgan fingerprint density at radius 3 is 2.62 bits per heavy atom. The Balaban J connectivity index is 1.24. The van der Waals surface area contributed by atoms with Crippen LogP contribution >= 0.6 is 0 Å². The molecule has 2 saturated heterocycles. The van der Waals surface area contributed by atoms with E-state index < -0.39 is 0 Å². The summed E-state index contributed by atoms with van der Waals surface area (Å²) in [6.07, 6.45) is 8.66. The van der Waals surface area contributed by atoms with E-state index in [-0.39, 0.29) is 23.8 Å². The summed E-state index contributed by atoms with van der Waals surface area (Å²) in [6.45, 7) is 2.21. The number of para-hydroxylation sites is 1. The number of carbonyl (C=O) groups excluding carboxylic acids is 1. The second-order valence-electron chi connectivity index (χ2n) is 7.85. The van der Waals surface area contributed by atoms with E-state index in [0.717, 1.165) is 38.0 Å². The van der Waals surface area contributed by atoms with Crippen molar-refractivity contribution in [1.82, 2.24) is 5.32 Å². The second-order valence-corrected chi connectivity index (χ2v) is 7.85. The lowest BCUT2D eigenvalue weighted by Gasteiger charge is -2.33. The molecule has 0 aromatic heterocycles. The van der Waals surface area contributed by atoms with Crippen LogP contribution in [-0.2, 0) is 14.3 Å². The molecule has 3 fully saturated rings. The summed E-state index contributed by atoms with van der Waals surface area (Å²) in [5, 5.41) is 3.55. The highest BCUT2D eigenvalue weighted by atomic mass is 16.7. The first-order chi connectivity index (χ1) is 12.7. The van der Waals surface area contributed by atoms with Crippen molar-refractivity contribution in [2.24, 2.45) is 0 Å². The van der Waals surface area contributed by atoms with E-state index in [4.69, 9.17) is 9.47 Å². The van der Waals surface area contributed by atoms with Gasteiger partial charge in [-0.25, -0.2) is 0 Å². The maximum absolute atomic E-state index is 12.5. The number of anilines is 1. The van der Waals surface area contributed by atoms with Gasteiger partial charge in [-0.3, -0.25) is 4.79 Å². The lowest BCUT2D eigenvalue weighted by Crippen LogP contribution is -2.48. The fourth-order valence-corrected chi connectivity index (χ4v) is 4.43. The molecular formula is C21H30N2O3. The predicted molar refractivity (Wildman–Crippen MR) is 101 cm³/mol. The molecular weight excluding hydrogens is 328 g/mol. The molecule has 0 radical (unpaired) electrons. The van der Waals surface area contributed by atoms with Gasteiger partial charge in [0, 0.05) is 44.1 Å². The van der Waals surface area contributed by atoms with Crippen molar-refractivity contribution in [1.29, 1.82) is 0 Å². The number of piperidine rings is 1. The van der Waals surface area contributed by atoms with Crippen LogP contribution in [0.1, 0.15) is 51.4 Å². The minimum Gasteiger partial charge on any atom is -0.347 e. The quantitative estimate of drug-likeness (QED) is 0.898. The van der Waals surface area contributed by atoms with Crippen LogP contribution in [-0.4, -0.2) is 43.5 Å². The minimum absolute atomic E-state index is 0.107. The number of carbonyl (C=O) groups is 1. The third-order valence-electron chi connectivity index (χ3n) is 5.90. The van der Waals surface area contributed by atoms with E-state index in [9.17, 15) is 4.79 Å².